The highest BCUT2D eigenvalue weighted by Gasteiger charge is 2.28. The van der Waals surface area contributed by atoms with Crippen molar-refractivity contribution in [2.75, 3.05) is 43.9 Å². The molecule has 136 valence electrons. The number of fused-ring (bicyclic) bond motifs is 1. The molecule has 1 fully saturated rings. The monoisotopic (exact) mass is 365 g/mol. The Kier molecular flexibility index (Phi) is 4.83. The zero-order chi connectivity index (χ0) is 18.2. The third-order valence-corrected chi connectivity index (χ3v) is 6.79. The molecule has 3 rings (SSSR count). The number of amides is 2. The Hall–Kier alpha value is -1.93. The summed E-state index contributed by atoms with van der Waals surface area (Å²) in [7, 11) is -1.50. The molecule has 0 radical (unpaired) electrons. The summed E-state index contributed by atoms with van der Waals surface area (Å²) in [5.41, 5.74) is 2.26. The molecule has 0 N–H and O–H groups in total. The average Bonchev–Trinajstić information content (AvgIpc) is 2.79. The normalized spacial score (nSPS) is 19.0. The van der Waals surface area contributed by atoms with E-state index in [0.717, 1.165) is 11.3 Å². The van der Waals surface area contributed by atoms with Crippen LogP contribution in [0.15, 0.2) is 18.2 Å². The molecular weight excluding hydrogens is 342 g/mol. The molecular formula is C17H23N3O4S. The minimum atomic E-state index is -3.23. The number of hydrogen-bond acceptors (Lipinski definition) is 4. The quantitative estimate of drug-likeness (QED) is 0.790. The summed E-state index contributed by atoms with van der Waals surface area (Å²) in [5, 5.41) is 0. The summed E-state index contributed by atoms with van der Waals surface area (Å²) in [6.07, 6.45) is 0.937. The predicted octanol–water partition coefficient (Wildman–Crippen LogP) is 0.703. The van der Waals surface area contributed by atoms with Crippen LogP contribution in [0.3, 0.4) is 0 Å². The van der Waals surface area contributed by atoms with E-state index in [2.05, 4.69) is 0 Å². The van der Waals surface area contributed by atoms with Crippen molar-refractivity contribution in [2.24, 2.45) is 0 Å². The van der Waals surface area contributed by atoms with Crippen LogP contribution in [-0.2, 0) is 21.2 Å². The Balaban J connectivity index is 1.74. The number of benzene rings is 1. The van der Waals surface area contributed by atoms with E-state index in [1.165, 1.54) is 4.31 Å². The fourth-order valence-electron chi connectivity index (χ4n) is 3.34. The fraction of sp³-hybridized carbons (Fsp3) is 0.529. The van der Waals surface area contributed by atoms with Crippen LogP contribution in [0, 0.1) is 0 Å². The average molecular weight is 365 g/mol. The number of nitrogens with zero attached hydrogens (tertiary/aromatic N) is 3. The number of likely N-dealkylation sites (N-methyl/N-ethyl adjacent to an activating group) is 1. The van der Waals surface area contributed by atoms with Gasteiger partial charge in [-0.05, 0) is 37.1 Å². The van der Waals surface area contributed by atoms with Crippen molar-refractivity contribution >= 4 is 27.5 Å². The number of rotatable bonds is 3. The molecule has 0 saturated carbocycles. The maximum absolute atomic E-state index is 12.8. The van der Waals surface area contributed by atoms with Crippen LogP contribution in [0.25, 0.3) is 0 Å². The molecule has 2 amide bonds. The zero-order valence-electron chi connectivity index (χ0n) is 14.6. The van der Waals surface area contributed by atoms with E-state index in [0.29, 0.717) is 44.6 Å². The first kappa shape index (κ1) is 17.9. The molecule has 0 atom stereocenters. The third-order valence-electron chi connectivity index (χ3n) is 4.90. The second kappa shape index (κ2) is 6.76. The second-order valence-electron chi connectivity index (χ2n) is 6.42. The van der Waals surface area contributed by atoms with Crippen molar-refractivity contribution in [1.29, 1.82) is 0 Å². The van der Waals surface area contributed by atoms with E-state index in [9.17, 15) is 18.0 Å². The van der Waals surface area contributed by atoms with E-state index in [1.807, 2.05) is 0 Å². The predicted molar refractivity (Wildman–Crippen MR) is 95.1 cm³/mol. The van der Waals surface area contributed by atoms with Gasteiger partial charge in [-0.1, -0.05) is 0 Å². The second-order valence-corrected chi connectivity index (χ2v) is 8.68. The van der Waals surface area contributed by atoms with Gasteiger partial charge in [0.1, 0.15) is 0 Å². The molecule has 0 spiro atoms. The first-order valence-electron chi connectivity index (χ1n) is 8.50. The standard InChI is InChI=1S/C17H23N3O4S/c1-3-25(23,24)20-8-4-7-19(9-10-20)17(22)13-5-6-15-14(11-13)12-16(21)18(15)2/h5-6,11H,3-4,7-10,12H2,1-2H3. The molecule has 2 aliphatic heterocycles. The molecule has 1 aromatic rings. The topological polar surface area (TPSA) is 78.0 Å². The fourth-order valence-corrected chi connectivity index (χ4v) is 4.48. The van der Waals surface area contributed by atoms with Crippen molar-refractivity contribution in [2.45, 2.75) is 19.8 Å². The van der Waals surface area contributed by atoms with E-state index < -0.39 is 10.0 Å². The Morgan fingerprint density at radius 1 is 1.16 bits per heavy atom. The smallest absolute Gasteiger partial charge is 0.253 e. The Bertz CT molecular complexity index is 806. The minimum absolute atomic E-state index is 0.0229. The highest BCUT2D eigenvalue weighted by Crippen LogP contribution is 2.28. The lowest BCUT2D eigenvalue weighted by Crippen LogP contribution is -2.38. The Morgan fingerprint density at radius 3 is 2.64 bits per heavy atom. The summed E-state index contributed by atoms with van der Waals surface area (Å²) >= 11 is 0. The summed E-state index contributed by atoms with van der Waals surface area (Å²) in [4.78, 5) is 27.9. The van der Waals surface area contributed by atoms with Gasteiger partial charge in [0.05, 0.1) is 12.2 Å². The molecule has 2 aliphatic rings. The summed E-state index contributed by atoms with van der Waals surface area (Å²) in [6.45, 7) is 3.32. The lowest BCUT2D eigenvalue weighted by Gasteiger charge is -2.22. The van der Waals surface area contributed by atoms with Gasteiger partial charge in [0.15, 0.2) is 0 Å². The lowest BCUT2D eigenvalue weighted by atomic mass is 10.1. The summed E-state index contributed by atoms with van der Waals surface area (Å²) < 4.78 is 25.5. The van der Waals surface area contributed by atoms with Gasteiger partial charge in [0.2, 0.25) is 15.9 Å². The SMILES string of the molecule is CCS(=O)(=O)N1CCCN(C(=O)c2ccc3c(c2)CC(=O)N3C)CC1. The van der Waals surface area contributed by atoms with Crippen LogP contribution in [0.2, 0.25) is 0 Å². The first-order valence-corrected chi connectivity index (χ1v) is 10.1. The van der Waals surface area contributed by atoms with Crippen molar-refractivity contribution < 1.29 is 18.0 Å². The highest BCUT2D eigenvalue weighted by molar-refractivity contribution is 7.89. The number of sulfonamides is 1. The van der Waals surface area contributed by atoms with Gasteiger partial charge < -0.3 is 9.80 Å². The van der Waals surface area contributed by atoms with Gasteiger partial charge in [0.25, 0.3) is 5.91 Å². The maximum atomic E-state index is 12.8. The van der Waals surface area contributed by atoms with Gasteiger partial charge >= 0.3 is 0 Å². The zero-order valence-corrected chi connectivity index (χ0v) is 15.4. The van der Waals surface area contributed by atoms with Crippen molar-refractivity contribution in [3.05, 3.63) is 29.3 Å². The molecule has 0 unspecified atom stereocenters. The van der Waals surface area contributed by atoms with Gasteiger partial charge in [-0.3, -0.25) is 9.59 Å². The third kappa shape index (κ3) is 3.41. The first-order chi connectivity index (χ1) is 11.8. The molecule has 0 bridgehead atoms. The molecule has 8 heteroatoms. The number of hydrogen-bond donors (Lipinski definition) is 0. The maximum Gasteiger partial charge on any atom is 0.253 e. The molecule has 0 aromatic heterocycles. The largest absolute Gasteiger partial charge is 0.337 e. The van der Waals surface area contributed by atoms with Crippen LogP contribution in [-0.4, -0.2) is 68.4 Å². The molecule has 0 aliphatic carbocycles. The number of carbonyl (C=O) groups is 2. The highest BCUT2D eigenvalue weighted by atomic mass is 32.2. The van der Waals surface area contributed by atoms with Crippen molar-refractivity contribution in [1.82, 2.24) is 9.21 Å². The minimum Gasteiger partial charge on any atom is -0.337 e. The lowest BCUT2D eigenvalue weighted by molar-refractivity contribution is -0.117. The van der Waals surface area contributed by atoms with Crippen LogP contribution < -0.4 is 4.90 Å². The summed E-state index contributed by atoms with van der Waals surface area (Å²) in [5.74, 6) is -0.0110. The molecule has 2 heterocycles. The van der Waals surface area contributed by atoms with Crippen LogP contribution in [0.4, 0.5) is 5.69 Å². The van der Waals surface area contributed by atoms with E-state index >= 15 is 0 Å². The molecule has 1 aromatic carbocycles. The van der Waals surface area contributed by atoms with E-state index in [4.69, 9.17) is 0 Å². The number of carbonyl (C=O) groups excluding carboxylic acids is 2. The van der Waals surface area contributed by atoms with Gasteiger partial charge in [-0.15, -0.1) is 0 Å². The van der Waals surface area contributed by atoms with Gasteiger partial charge in [-0.25, -0.2) is 12.7 Å². The van der Waals surface area contributed by atoms with Gasteiger partial charge in [0, 0.05) is 44.5 Å². The van der Waals surface area contributed by atoms with Crippen molar-refractivity contribution in [3.63, 3.8) is 0 Å². The van der Waals surface area contributed by atoms with Gasteiger partial charge in [-0.2, -0.15) is 0 Å². The Morgan fingerprint density at radius 2 is 1.92 bits per heavy atom. The van der Waals surface area contributed by atoms with Crippen molar-refractivity contribution in [3.8, 4) is 0 Å². The Labute approximate surface area is 148 Å². The van der Waals surface area contributed by atoms with E-state index in [-0.39, 0.29) is 17.6 Å². The van der Waals surface area contributed by atoms with Crippen LogP contribution in [0.5, 0.6) is 0 Å². The van der Waals surface area contributed by atoms with Crippen LogP contribution in [0.1, 0.15) is 29.3 Å². The molecule has 7 nitrogen and oxygen atoms in total. The molecule has 25 heavy (non-hydrogen) atoms. The van der Waals surface area contributed by atoms with Crippen LogP contribution >= 0.6 is 0 Å². The molecule has 1 saturated heterocycles. The number of anilines is 1. The summed E-state index contributed by atoms with van der Waals surface area (Å²) in [6, 6.07) is 5.32. The van der Waals surface area contributed by atoms with E-state index in [1.54, 1.807) is 42.0 Å².